The highest BCUT2D eigenvalue weighted by Gasteiger charge is 2.15. The molecule has 3 rings (SSSR count). The number of nitrogens with one attached hydrogen (secondary N) is 1. The molecule has 1 aromatic carbocycles. The molecule has 1 aromatic heterocycles. The van der Waals surface area contributed by atoms with Crippen molar-refractivity contribution in [1.29, 1.82) is 0 Å². The molecule has 4 heteroatoms. The average Bonchev–Trinajstić information content (AvgIpc) is 3.08. The monoisotopic (exact) mass is 273 g/mol. The van der Waals surface area contributed by atoms with Crippen molar-refractivity contribution in [3.05, 3.63) is 48.0 Å². The highest BCUT2D eigenvalue weighted by molar-refractivity contribution is 7.99. The van der Waals surface area contributed by atoms with Crippen LogP contribution in [0, 0.1) is 6.92 Å². The number of hydrogen-bond acceptors (Lipinski definition) is 3. The molecule has 1 unspecified atom stereocenters. The van der Waals surface area contributed by atoms with E-state index in [0.29, 0.717) is 6.04 Å². The number of hydrogen-bond donors (Lipinski definition) is 1. The number of nitrogens with zero attached hydrogens (tertiary/aromatic N) is 2. The van der Waals surface area contributed by atoms with Crippen LogP contribution < -0.4 is 5.32 Å². The van der Waals surface area contributed by atoms with Gasteiger partial charge in [0.15, 0.2) is 0 Å². The van der Waals surface area contributed by atoms with Gasteiger partial charge in [-0.3, -0.25) is 0 Å². The number of para-hydroxylation sites is 1. The van der Waals surface area contributed by atoms with Crippen LogP contribution in [0.3, 0.4) is 0 Å². The van der Waals surface area contributed by atoms with Gasteiger partial charge in [0.25, 0.3) is 0 Å². The van der Waals surface area contributed by atoms with E-state index in [-0.39, 0.29) is 0 Å². The number of imidazole rings is 1. The van der Waals surface area contributed by atoms with E-state index in [1.165, 1.54) is 29.2 Å². The summed E-state index contributed by atoms with van der Waals surface area (Å²) in [5.74, 6) is 3.57. The van der Waals surface area contributed by atoms with Crippen LogP contribution in [0.1, 0.15) is 17.8 Å². The van der Waals surface area contributed by atoms with Gasteiger partial charge in [0.05, 0.1) is 5.69 Å². The summed E-state index contributed by atoms with van der Waals surface area (Å²) in [6.07, 6.45) is 5.17. The van der Waals surface area contributed by atoms with Crippen molar-refractivity contribution >= 4 is 11.8 Å². The Balaban J connectivity index is 1.79. The van der Waals surface area contributed by atoms with Crippen molar-refractivity contribution < 1.29 is 0 Å². The largest absolute Gasteiger partial charge is 0.309 e. The van der Waals surface area contributed by atoms with Crippen molar-refractivity contribution in [2.24, 2.45) is 0 Å². The van der Waals surface area contributed by atoms with Crippen LogP contribution in [0.2, 0.25) is 0 Å². The maximum absolute atomic E-state index is 4.31. The predicted molar refractivity (Wildman–Crippen MR) is 80.9 cm³/mol. The first-order valence-electron chi connectivity index (χ1n) is 6.74. The van der Waals surface area contributed by atoms with Crippen molar-refractivity contribution in [2.75, 3.05) is 11.5 Å². The van der Waals surface area contributed by atoms with E-state index in [0.717, 1.165) is 12.4 Å². The summed E-state index contributed by atoms with van der Waals surface area (Å²) in [5, 5.41) is 3.67. The minimum atomic E-state index is 0.668. The van der Waals surface area contributed by atoms with E-state index in [4.69, 9.17) is 0 Å². The Labute approximate surface area is 118 Å². The third-order valence-corrected chi connectivity index (χ3v) is 4.75. The van der Waals surface area contributed by atoms with Gasteiger partial charge in [0.1, 0.15) is 5.82 Å². The van der Waals surface area contributed by atoms with Crippen molar-refractivity contribution in [3.63, 3.8) is 0 Å². The molecule has 3 nitrogen and oxygen atoms in total. The van der Waals surface area contributed by atoms with E-state index >= 15 is 0 Å². The molecule has 0 spiro atoms. The molecule has 0 bridgehead atoms. The van der Waals surface area contributed by atoms with Crippen LogP contribution in [0.15, 0.2) is 36.7 Å². The highest BCUT2D eigenvalue weighted by Crippen LogP contribution is 2.19. The maximum atomic E-state index is 4.31. The van der Waals surface area contributed by atoms with Crippen molar-refractivity contribution in [3.8, 4) is 5.69 Å². The Morgan fingerprint density at radius 2 is 2.32 bits per heavy atom. The third-order valence-electron chi connectivity index (χ3n) is 3.59. The molecule has 0 radical (unpaired) electrons. The molecule has 1 aliphatic rings. The Bertz CT molecular complexity index is 544. The summed E-state index contributed by atoms with van der Waals surface area (Å²) in [6.45, 7) is 2.97. The van der Waals surface area contributed by atoms with Crippen LogP contribution in [0.4, 0.5) is 0 Å². The van der Waals surface area contributed by atoms with Gasteiger partial charge in [-0.1, -0.05) is 18.2 Å². The molecular formula is C15H19N3S. The van der Waals surface area contributed by atoms with E-state index in [1.807, 2.05) is 31.1 Å². The van der Waals surface area contributed by atoms with Gasteiger partial charge in [0.2, 0.25) is 0 Å². The Kier molecular flexibility index (Phi) is 3.89. The van der Waals surface area contributed by atoms with Crippen molar-refractivity contribution in [2.45, 2.75) is 25.9 Å². The molecule has 1 saturated heterocycles. The summed E-state index contributed by atoms with van der Waals surface area (Å²) < 4.78 is 2.15. The van der Waals surface area contributed by atoms with Gasteiger partial charge >= 0.3 is 0 Å². The van der Waals surface area contributed by atoms with E-state index in [2.05, 4.69) is 39.1 Å². The van der Waals surface area contributed by atoms with Gasteiger partial charge in [-0.15, -0.1) is 0 Å². The van der Waals surface area contributed by atoms with E-state index < -0.39 is 0 Å². The zero-order valence-corrected chi connectivity index (χ0v) is 12.0. The summed E-state index contributed by atoms with van der Waals surface area (Å²) in [4.78, 5) is 4.31. The summed E-state index contributed by atoms with van der Waals surface area (Å²) in [7, 11) is 0. The van der Waals surface area contributed by atoms with Gasteiger partial charge in [-0.05, 0) is 30.7 Å². The quantitative estimate of drug-likeness (QED) is 0.929. The minimum absolute atomic E-state index is 0.668. The van der Waals surface area contributed by atoms with Gasteiger partial charge in [-0.2, -0.15) is 11.8 Å². The van der Waals surface area contributed by atoms with E-state index in [1.54, 1.807) is 0 Å². The summed E-state index contributed by atoms with van der Waals surface area (Å²) in [6, 6.07) is 9.22. The molecule has 0 amide bonds. The van der Waals surface area contributed by atoms with Crippen LogP contribution in [-0.2, 0) is 6.54 Å². The lowest BCUT2D eigenvalue weighted by atomic mass is 10.1. The molecule has 0 saturated carbocycles. The average molecular weight is 273 g/mol. The molecule has 19 heavy (non-hydrogen) atoms. The fourth-order valence-corrected chi connectivity index (χ4v) is 3.66. The fraction of sp³-hybridized carbons (Fsp3) is 0.400. The number of thioether (sulfide) groups is 1. The van der Waals surface area contributed by atoms with Crippen LogP contribution >= 0.6 is 11.8 Å². The SMILES string of the molecule is Cc1nccn1-c1ccccc1CNC1CCSC1. The highest BCUT2D eigenvalue weighted by atomic mass is 32.2. The molecule has 0 aliphatic carbocycles. The van der Waals surface area contributed by atoms with Gasteiger partial charge in [-0.25, -0.2) is 4.98 Å². The summed E-state index contributed by atoms with van der Waals surface area (Å²) in [5.41, 5.74) is 2.57. The number of aryl methyl sites for hydroxylation is 1. The number of aromatic nitrogens is 2. The Morgan fingerprint density at radius 3 is 3.05 bits per heavy atom. The normalized spacial score (nSPS) is 18.9. The molecule has 2 aromatic rings. The van der Waals surface area contributed by atoms with Crippen LogP contribution in [-0.4, -0.2) is 27.1 Å². The molecule has 2 heterocycles. The smallest absolute Gasteiger partial charge is 0.110 e. The predicted octanol–water partition coefficient (Wildman–Crippen LogP) is 2.78. The minimum Gasteiger partial charge on any atom is -0.309 e. The summed E-state index contributed by atoms with van der Waals surface area (Å²) >= 11 is 2.04. The Hall–Kier alpha value is -1.26. The first-order valence-corrected chi connectivity index (χ1v) is 7.89. The lowest BCUT2D eigenvalue weighted by molar-refractivity contribution is 0.557. The molecule has 1 aliphatic heterocycles. The number of benzene rings is 1. The van der Waals surface area contributed by atoms with Crippen LogP contribution in [0.25, 0.3) is 5.69 Å². The fourth-order valence-electron chi connectivity index (χ4n) is 2.48. The molecule has 1 N–H and O–H groups in total. The first-order chi connectivity index (χ1) is 9.34. The standard InChI is InChI=1S/C15H19N3S/c1-12-16-7-8-18(12)15-5-3-2-4-13(15)10-17-14-6-9-19-11-14/h2-5,7-8,14,17H,6,9-11H2,1H3. The molecule has 1 atom stereocenters. The Morgan fingerprint density at radius 1 is 1.42 bits per heavy atom. The maximum Gasteiger partial charge on any atom is 0.110 e. The number of rotatable bonds is 4. The van der Waals surface area contributed by atoms with E-state index in [9.17, 15) is 0 Å². The second-order valence-electron chi connectivity index (χ2n) is 4.91. The first kappa shape index (κ1) is 12.8. The molecule has 100 valence electrons. The topological polar surface area (TPSA) is 29.9 Å². The lowest BCUT2D eigenvalue weighted by Crippen LogP contribution is -2.28. The lowest BCUT2D eigenvalue weighted by Gasteiger charge is -2.15. The molecular weight excluding hydrogens is 254 g/mol. The third kappa shape index (κ3) is 2.85. The van der Waals surface area contributed by atoms with Gasteiger partial charge in [0, 0.05) is 30.7 Å². The second kappa shape index (κ2) is 5.80. The zero-order valence-electron chi connectivity index (χ0n) is 11.2. The second-order valence-corrected chi connectivity index (χ2v) is 6.06. The van der Waals surface area contributed by atoms with Crippen molar-refractivity contribution in [1.82, 2.24) is 14.9 Å². The van der Waals surface area contributed by atoms with Gasteiger partial charge < -0.3 is 9.88 Å². The van der Waals surface area contributed by atoms with Crippen LogP contribution in [0.5, 0.6) is 0 Å². The molecule has 1 fully saturated rings. The zero-order chi connectivity index (χ0) is 13.1.